The van der Waals surface area contributed by atoms with Crippen LogP contribution in [0.15, 0.2) is 24.0 Å². The van der Waals surface area contributed by atoms with Crippen LogP contribution in [0.2, 0.25) is 0 Å². The van der Waals surface area contributed by atoms with Gasteiger partial charge in [-0.15, -0.1) is 11.3 Å². The Balaban J connectivity index is 2.08. The van der Waals surface area contributed by atoms with Crippen LogP contribution >= 0.6 is 11.3 Å². The predicted molar refractivity (Wildman–Crippen MR) is 72.1 cm³/mol. The van der Waals surface area contributed by atoms with Crippen LogP contribution in [0.3, 0.4) is 0 Å². The smallest absolute Gasteiger partial charge is 0.326 e. The van der Waals surface area contributed by atoms with Crippen molar-refractivity contribution in [3.63, 3.8) is 0 Å². The van der Waals surface area contributed by atoms with Gasteiger partial charge in [-0.1, -0.05) is 0 Å². The molecule has 0 aromatic carbocycles. The topological polar surface area (TPSA) is 104 Å². The lowest BCUT2D eigenvalue weighted by atomic mass is 10.1. The highest BCUT2D eigenvalue weighted by Gasteiger charge is 2.23. The Bertz CT molecular complexity index is 594. The van der Waals surface area contributed by atoms with Gasteiger partial charge in [0.15, 0.2) is 0 Å². The number of aromatic amines is 1. The molecule has 0 aliphatic rings. The lowest BCUT2D eigenvalue weighted by molar-refractivity contribution is -0.139. The maximum absolute atomic E-state index is 12.1. The Morgan fingerprint density at radius 1 is 1.60 bits per heavy atom. The number of carboxylic acids is 1. The summed E-state index contributed by atoms with van der Waals surface area (Å²) in [7, 11) is 1.46. The lowest BCUT2D eigenvalue weighted by Crippen LogP contribution is -2.42. The molecule has 0 radical (unpaired) electrons. The second-order valence-electron chi connectivity index (χ2n) is 3.96. The van der Waals surface area contributed by atoms with Crippen molar-refractivity contribution in [3.05, 3.63) is 34.5 Å². The fourth-order valence-corrected chi connectivity index (χ4v) is 2.43. The molecule has 2 heterocycles. The van der Waals surface area contributed by atoms with Gasteiger partial charge >= 0.3 is 5.97 Å². The molecule has 0 unspecified atom stereocenters. The van der Waals surface area contributed by atoms with Gasteiger partial charge in [0.1, 0.15) is 16.7 Å². The van der Waals surface area contributed by atoms with E-state index in [9.17, 15) is 9.59 Å². The number of aliphatic carboxylic acids is 1. The highest BCUT2D eigenvalue weighted by molar-refractivity contribution is 7.12. The number of imidazole rings is 1. The van der Waals surface area contributed by atoms with E-state index in [0.29, 0.717) is 16.3 Å². The van der Waals surface area contributed by atoms with E-state index in [4.69, 9.17) is 9.84 Å². The number of amides is 1. The minimum Gasteiger partial charge on any atom is -0.495 e. The molecular weight excluding hydrogens is 282 g/mol. The van der Waals surface area contributed by atoms with E-state index < -0.39 is 17.9 Å². The minimum atomic E-state index is -1.11. The zero-order valence-corrected chi connectivity index (χ0v) is 11.4. The van der Waals surface area contributed by atoms with Gasteiger partial charge in [0.25, 0.3) is 5.91 Å². The summed E-state index contributed by atoms with van der Waals surface area (Å²) in [4.78, 5) is 30.2. The maximum atomic E-state index is 12.1. The van der Waals surface area contributed by atoms with E-state index in [1.165, 1.54) is 31.0 Å². The first-order valence-electron chi connectivity index (χ1n) is 5.74. The molecule has 0 aliphatic heterocycles. The monoisotopic (exact) mass is 295 g/mol. The molecule has 7 nitrogen and oxygen atoms in total. The van der Waals surface area contributed by atoms with Crippen LogP contribution in [0.5, 0.6) is 5.75 Å². The van der Waals surface area contributed by atoms with Crippen molar-refractivity contribution < 1.29 is 19.4 Å². The molecule has 8 heteroatoms. The van der Waals surface area contributed by atoms with Crippen LogP contribution in [0.4, 0.5) is 0 Å². The van der Waals surface area contributed by atoms with Crippen molar-refractivity contribution in [2.24, 2.45) is 0 Å². The standard InChI is InChI=1S/C12H13N3O4S/c1-19-9-2-3-20-10(9)11(16)15-8(12(17)18)4-7-5-13-6-14-7/h2-3,5-6,8H,4H2,1H3,(H,13,14)(H,15,16)(H,17,18)/t8-/m0/s1. The Morgan fingerprint density at radius 3 is 3.00 bits per heavy atom. The molecule has 0 aliphatic carbocycles. The first-order valence-corrected chi connectivity index (χ1v) is 6.62. The third-order valence-electron chi connectivity index (χ3n) is 2.64. The number of ether oxygens (including phenoxy) is 1. The highest BCUT2D eigenvalue weighted by Crippen LogP contribution is 2.24. The average molecular weight is 295 g/mol. The Morgan fingerprint density at radius 2 is 2.40 bits per heavy atom. The molecule has 0 saturated carbocycles. The van der Waals surface area contributed by atoms with Gasteiger partial charge < -0.3 is 20.1 Å². The quantitative estimate of drug-likeness (QED) is 0.734. The molecule has 1 amide bonds. The summed E-state index contributed by atoms with van der Waals surface area (Å²) in [6.07, 6.45) is 3.11. The number of rotatable bonds is 6. The minimum absolute atomic E-state index is 0.134. The number of aromatic nitrogens is 2. The molecule has 1 atom stereocenters. The van der Waals surface area contributed by atoms with Crippen LogP contribution in [0, 0.1) is 0 Å². The predicted octanol–water partition coefficient (Wildman–Crippen LogP) is 0.905. The van der Waals surface area contributed by atoms with Gasteiger partial charge in [-0.3, -0.25) is 4.79 Å². The van der Waals surface area contributed by atoms with Crippen molar-refractivity contribution in [1.29, 1.82) is 0 Å². The van der Waals surface area contributed by atoms with E-state index in [1.54, 1.807) is 11.4 Å². The van der Waals surface area contributed by atoms with Crippen molar-refractivity contribution in [1.82, 2.24) is 15.3 Å². The Kier molecular flexibility index (Phi) is 4.36. The third-order valence-corrected chi connectivity index (χ3v) is 3.53. The summed E-state index contributed by atoms with van der Waals surface area (Å²) in [5.74, 6) is -1.15. The zero-order valence-electron chi connectivity index (χ0n) is 10.6. The van der Waals surface area contributed by atoms with Gasteiger partial charge in [-0.05, 0) is 11.4 Å². The number of thiophene rings is 1. The van der Waals surface area contributed by atoms with E-state index >= 15 is 0 Å². The number of nitrogens with one attached hydrogen (secondary N) is 2. The number of nitrogens with zero attached hydrogens (tertiary/aromatic N) is 1. The van der Waals surface area contributed by atoms with Crippen LogP contribution < -0.4 is 10.1 Å². The van der Waals surface area contributed by atoms with E-state index in [1.807, 2.05) is 0 Å². The van der Waals surface area contributed by atoms with Crippen molar-refractivity contribution >= 4 is 23.2 Å². The fraction of sp³-hybridized carbons (Fsp3) is 0.250. The largest absolute Gasteiger partial charge is 0.495 e. The summed E-state index contributed by atoms with van der Waals surface area (Å²) in [5.41, 5.74) is 0.635. The van der Waals surface area contributed by atoms with Crippen LogP contribution in [-0.2, 0) is 11.2 Å². The van der Waals surface area contributed by atoms with Crippen molar-refractivity contribution in [3.8, 4) is 5.75 Å². The lowest BCUT2D eigenvalue weighted by Gasteiger charge is -2.13. The summed E-state index contributed by atoms with van der Waals surface area (Å²) >= 11 is 1.19. The summed E-state index contributed by atoms with van der Waals surface area (Å²) in [5, 5.41) is 13.4. The summed E-state index contributed by atoms with van der Waals surface area (Å²) in [6.45, 7) is 0. The second-order valence-corrected chi connectivity index (χ2v) is 4.88. The van der Waals surface area contributed by atoms with Gasteiger partial charge in [0.2, 0.25) is 0 Å². The first-order chi connectivity index (χ1) is 9.61. The van der Waals surface area contributed by atoms with E-state index in [-0.39, 0.29) is 6.42 Å². The number of carbonyl (C=O) groups excluding carboxylic acids is 1. The molecule has 106 valence electrons. The first kappa shape index (κ1) is 14.1. The Hall–Kier alpha value is -2.35. The molecule has 0 spiro atoms. The molecule has 2 rings (SSSR count). The number of methoxy groups -OCH3 is 1. The van der Waals surface area contributed by atoms with Crippen LogP contribution in [0.25, 0.3) is 0 Å². The van der Waals surface area contributed by atoms with Gasteiger partial charge in [-0.2, -0.15) is 0 Å². The fourth-order valence-electron chi connectivity index (χ4n) is 1.66. The molecule has 2 aromatic heterocycles. The van der Waals surface area contributed by atoms with Crippen LogP contribution in [0.1, 0.15) is 15.4 Å². The molecular formula is C12H13N3O4S. The number of hydrogen-bond acceptors (Lipinski definition) is 5. The third kappa shape index (κ3) is 3.15. The summed E-state index contributed by atoms with van der Waals surface area (Å²) in [6, 6.07) is 0.624. The number of carboxylic acid groups (broad SMARTS) is 1. The van der Waals surface area contributed by atoms with Gasteiger partial charge in [0, 0.05) is 18.3 Å². The molecule has 3 N–H and O–H groups in total. The molecule has 2 aromatic rings. The second kappa shape index (κ2) is 6.20. The summed E-state index contributed by atoms with van der Waals surface area (Å²) < 4.78 is 5.04. The van der Waals surface area contributed by atoms with E-state index in [2.05, 4.69) is 15.3 Å². The Labute approximate surface area is 118 Å². The zero-order chi connectivity index (χ0) is 14.5. The maximum Gasteiger partial charge on any atom is 0.326 e. The molecule has 20 heavy (non-hydrogen) atoms. The average Bonchev–Trinajstić information content (AvgIpc) is 3.08. The van der Waals surface area contributed by atoms with Gasteiger partial charge in [-0.25, -0.2) is 9.78 Å². The molecule has 0 bridgehead atoms. The normalized spacial score (nSPS) is 11.8. The van der Waals surface area contributed by atoms with Gasteiger partial charge in [0.05, 0.1) is 13.4 Å². The van der Waals surface area contributed by atoms with Crippen molar-refractivity contribution in [2.45, 2.75) is 12.5 Å². The number of carbonyl (C=O) groups is 2. The molecule has 0 fully saturated rings. The SMILES string of the molecule is COc1ccsc1C(=O)N[C@@H](Cc1cnc[nH]1)C(=O)O. The number of H-pyrrole nitrogens is 1. The van der Waals surface area contributed by atoms with Crippen LogP contribution in [-0.4, -0.2) is 40.1 Å². The number of hydrogen-bond donors (Lipinski definition) is 3. The highest BCUT2D eigenvalue weighted by atomic mass is 32.1. The van der Waals surface area contributed by atoms with E-state index in [0.717, 1.165) is 0 Å². The molecule has 0 saturated heterocycles. The van der Waals surface area contributed by atoms with Crippen molar-refractivity contribution in [2.75, 3.05) is 7.11 Å².